The topological polar surface area (TPSA) is 0 Å². The van der Waals surface area contributed by atoms with Crippen LogP contribution in [0.2, 0.25) is 0 Å². The van der Waals surface area contributed by atoms with Gasteiger partial charge >= 0.3 is 0 Å². The maximum atomic E-state index is 3.89. The minimum Gasteiger partial charge on any atom is -0.103 e. The molecule has 2 saturated carbocycles. The summed E-state index contributed by atoms with van der Waals surface area (Å²) in [6, 6.07) is 0. The van der Waals surface area contributed by atoms with E-state index in [1.165, 1.54) is 38.5 Å². The molecule has 0 radical (unpaired) electrons. The number of hydrogen-bond donors (Lipinski definition) is 0. The molecule has 124 valence electrons. The summed E-state index contributed by atoms with van der Waals surface area (Å²) >= 11 is 0. The molecule has 0 aromatic heterocycles. The molecule has 0 aromatic carbocycles. The van der Waals surface area contributed by atoms with Crippen LogP contribution < -0.4 is 0 Å². The Morgan fingerprint density at radius 1 is 1.19 bits per heavy atom. The van der Waals surface area contributed by atoms with E-state index < -0.39 is 0 Å². The van der Waals surface area contributed by atoms with E-state index in [1.54, 1.807) is 6.42 Å². The zero-order valence-corrected chi connectivity index (χ0v) is 15.6. The van der Waals surface area contributed by atoms with E-state index in [1.807, 2.05) is 0 Å². The van der Waals surface area contributed by atoms with Crippen molar-refractivity contribution in [3.05, 3.63) is 12.7 Å². The summed E-state index contributed by atoms with van der Waals surface area (Å²) in [5.74, 6) is 5.14. The Balaban J connectivity index is 0.000000677. The average molecular weight is 293 g/mol. The number of allylic oxidation sites excluding steroid dienone is 1. The number of hydrogen-bond acceptors (Lipinski definition) is 0. The molecule has 5 atom stereocenters. The predicted octanol–water partition coefficient (Wildman–Crippen LogP) is 7.10. The summed E-state index contributed by atoms with van der Waals surface area (Å²) in [5, 5.41) is 0. The molecule has 0 bridgehead atoms. The first-order chi connectivity index (χ1) is 9.85. The van der Waals surface area contributed by atoms with Crippen molar-refractivity contribution in [2.75, 3.05) is 0 Å². The summed E-state index contributed by atoms with van der Waals surface area (Å²) in [7, 11) is 0. The van der Waals surface area contributed by atoms with Gasteiger partial charge in [0.05, 0.1) is 0 Å². The normalized spacial score (nSPS) is 29.9. The second-order valence-corrected chi connectivity index (χ2v) is 8.75. The van der Waals surface area contributed by atoms with Crippen molar-refractivity contribution < 1.29 is 0 Å². The maximum absolute atomic E-state index is 3.89. The summed E-state index contributed by atoms with van der Waals surface area (Å²) < 4.78 is 0. The fraction of sp³-hybridized carbons (Fsp3) is 0.905. The highest BCUT2D eigenvalue weighted by molar-refractivity contribution is 4.98. The van der Waals surface area contributed by atoms with Crippen LogP contribution in [-0.2, 0) is 0 Å². The zero-order valence-electron chi connectivity index (χ0n) is 15.6. The quantitative estimate of drug-likeness (QED) is 0.458. The van der Waals surface area contributed by atoms with Crippen LogP contribution in [0.1, 0.15) is 86.5 Å². The third-order valence-corrected chi connectivity index (χ3v) is 5.93. The minimum absolute atomic E-state index is 0.458. The lowest BCUT2D eigenvalue weighted by Gasteiger charge is -2.56. The van der Waals surface area contributed by atoms with E-state index >= 15 is 0 Å². The highest BCUT2D eigenvalue weighted by atomic mass is 14.5. The van der Waals surface area contributed by atoms with Crippen molar-refractivity contribution in [1.29, 1.82) is 0 Å². The van der Waals surface area contributed by atoms with Crippen LogP contribution in [0.25, 0.3) is 0 Å². The number of fused-ring (bicyclic) bond motifs is 1. The Morgan fingerprint density at radius 3 is 2.14 bits per heavy atom. The van der Waals surface area contributed by atoms with Crippen molar-refractivity contribution in [3.63, 3.8) is 0 Å². The van der Waals surface area contributed by atoms with Crippen molar-refractivity contribution in [3.8, 4) is 0 Å². The first-order valence-electron chi connectivity index (χ1n) is 9.45. The summed E-state index contributed by atoms with van der Waals surface area (Å²) in [6.07, 6.45) is 11.9. The average Bonchev–Trinajstić information content (AvgIpc) is 2.37. The second kappa shape index (κ2) is 8.39. The first-order valence-corrected chi connectivity index (χ1v) is 9.45. The molecular weight excluding hydrogens is 252 g/mol. The molecule has 0 amide bonds. The smallest absolute Gasteiger partial charge is 0.0351 e. The molecule has 0 spiro atoms. The Morgan fingerprint density at radius 2 is 1.81 bits per heavy atom. The summed E-state index contributed by atoms with van der Waals surface area (Å²) in [4.78, 5) is 0. The van der Waals surface area contributed by atoms with Gasteiger partial charge in [-0.2, -0.15) is 0 Å². The third kappa shape index (κ3) is 5.15. The van der Waals surface area contributed by atoms with E-state index in [0.29, 0.717) is 5.41 Å². The Hall–Kier alpha value is -0.260. The molecule has 2 fully saturated rings. The van der Waals surface area contributed by atoms with Gasteiger partial charge in [-0.25, -0.2) is 0 Å². The first kappa shape index (κ1) is 18.8. The summed E-state index contributed by atoms with van der Waals surface area (Å²) in [5.41, 5.74) is 0.458. The molecule has 0 nitrogen and oxygen atoms in total. The molecule has 0 N–H and O–H groups in total. The van der Waals surface area contributed by atoms with E-state index in [0.717, 1.165) is 29.6 Å². The van der Waals surface area contributed by atoms with Gasteiger partial charge in [0.25, 0.3) is 0 Å². The van der Waals surface area contributed by atoms with Crippen molar-refractivity contribution in [2.45, 2.75) is 86.5 Å². The van der Waals surface area contributed by atoms with Gasteiger partial charge in [-0.1, -0.05) is 54.0 Å². The highest BCUT2D eigenvalue weighted by Crippen LogP contribution is 2.58. The van der Waals surface area contributed by atoms with E-state index in [9.17, 15) is 0 Å². The molecule has 2 rings (SSSR count). The largest absolute Gasteiger partial charge is 0.103 e. The third-order valence-electron chi connectivity index (χ3n) is 5.93. The molecular formula is C21H40. The lowest BCUT2D eigenvalue weighted by atomic mass is 9.49. The molecule has 0 heteroatoms. The molecule has 2 aliphatic carbocycles. The molecule has 0 saturated heterocycles. The van der Waals surface area contributed by atoms with Crippen LogP contribution in [0.15, 0.2) is 12.7 Å². The van der Waals surface area contributed by atoms with Crippen LogP contribution in [-0.4, -0.2) is 0 Å². The van der Waals surface area contributed by atoms with E-state index in [-0.39, 0.29) is 0 Å². The second-order valence-electron chi connectivity index (χ2n) is 8.75. The lowest BCUT2D eigenvalue weighted by Crippen LogP contribution is -2.47. The standard InChI is InChI=1S/C18H32.C3H8/c1-6-7-8-15(18(3,4)5)11-13(2)17-12-14-9-10-16(14)17;1-3-2/h6,13-17H,1,7-12H2,2-5H3;3H2,1-2H3. The molecule has 21 heavy (non-hydrogen) atoms. The maximum Gasteiger partial charge on any atom is -0.0351 e. The van der Waals surface area contributed by atoms with Gasteiger partial charge in [0, 0.05) is 0 Å². The highest BCUT2D eigenvalue weighted by Gasteiger charge is 2.49. The van der Waals surface area contributed by atoms with Gasteiger partial charge in [-0.05, 0) is 73.5 Å². The van der Waals surface area contributed by atoms with Crippen LogP contribution in [0.5, 0.6) is 0 Å². The monoisotopic (exact) mass is 292 g/mol. The van der Waals surface area contributed by atoms with Gasteiger partial charge < -0.3 is 0 Å². The van der Waals surface area contributed by atoms with Crippen molar-refractivity contribution in [2.24, 2.45) is 35.0 Å². The van der Waals surface area contributed by atoms with Crippen LogP contribution in [0.3, 0.4) is 0 Å². The summed E-state index contributed by atoms with van der Waals surface area (Å²) in [6.45, 7) is 17.9. The fourth-order valence-electron chi connectivity index (χ4n) is 4.28. The van der Waals surface area contributed by atoms with Gasteiger partial charge in [0.1, 0.15) is 0 Å². The van der Waals surface area contributed by atoms with Crippen LogP contribution in [0.4, 0.5) is 0 Å². The molecule has 0 heterocycles. The van der Waals surface area contributed by atoms with Gasteiger partial charge in [0.15, 0.2) is 0 Å². The van der Waals surface area contributed by atoms with E-state index in [2.05, 4.69) is 54.2 Å². The Bertz CT molecular complexity index is 296. The SMILES string of the molecule is C=CCCC(CC(C)C1CC2CCC21)C(C)(C)C.CCC. The Kier molecular flexibility index (Phi) is 7.51. The predicted molar refractivity (Wildman–Crippen MR) is 96.4 cm³/mol. The molecule has 2 aliphatic rings. The molecule has 5 unspecified atom stereocenters. The van der Waals surface area contributed by atoms with Gasteiger partial charge in [-0.3, -0.25) is 0 Å². The molecule has 0 aliphatic heterocycles. The number of rotatable bonds is 6. The fourth-order valence-corrected chi connectivity index (χ4v) is 4.28. The zero-order chi connectivity index (χ0) is 16.0. The van der Waals surface area contributed by atoms with E-state index in [4.69, 9.17) is 0 Å². The van der Waals surface area contributed by atoms with Gasteiger partial charge in [-0.15, -0.1) is 6.58 Å². The van der Waals surface area contributed by atoms with Gasteiger partial charge in [0.2, 0.25) is 0 Å². The minimum atomic E-state index is 0.458. The van der Waals surface area contributed by atoms with Crippen LogP contribution >= 0.6 is 0 Å². The Labute approximate surface area is 134 Å². The molecule has 0 aromatic rings. The van der Waals surface area contributed by atoms with Crippen molar-refractivity contribution >= 4 is 0 Å². The van der Waals surface area contributed by atoms with Crippen molar-refractivity contribution in [1.82, 2.24) is 0 Å². The lowest BCUT2D eigenvalue weighted by molar-refractivity contribution is -0.0625. The van der Waals surface area contributed by atoms with Crippen LogP contribution in [0, 0.1) is 35.0 Å².